The highest BCUT2D eigenvalue weighted by molar-refractivity contribution is 7.13. The quantitative estimate of drug-likeness (QED) is 0.650. The van der Waals surface area contributed by atoms with Crippen molar-refractivity contribution in [3.63, 3.8) is 0 Å². The summed E-state index contributed by atoms with van der Waals surface area (Å²) in [5.41, 5.74) is -1.17. The number of nitrogens with zero attached hydrogens (tertiary/aromatic N) is 3. The van der Waals surface area contributed by atoms with Crippen molar-refractivity contribution in [3.05, 3.63) is 53.2 Å². The predicted octanol–water partition coefficient (Wildman–Crippen LogP) is 4.45. The SMILES string of the molecule is C[C@@H](c1nnc(-c2cccs2)o1)N(C)CC(=O)Nc1ccccc1C(F)(F)F. The van der Waals surface area contributed by atoms with Crippen LogP contribution in [0, 0.1) is 0 Å². The fourth-order valence-corrected chi connectivity index (χ4v) is 3.13. The molecule has 0 aliphatic carbocycles. The lowest BCUT2D eigenvalue weighted by molar-refractivity contribution is -0.137. The summed E-state index contributed by atoms with van der Waals surface area (Å²) in [6.45, 7) is 1.62. The minimum absolute atomic E-state index is 0.149. The Kier molecular flexibility index (Phi) is 5.80. The maximum absolute atomic E-state index is 13.0. The standard InChI is InChI=1S/C18H17F3N4O2S/c1-11(16-23-24-17(27-16)14-8-5-9-28-14)25(2)10-15(26)22-13-7-4-3-6-12(13)18(19,20)21/h3-9,11H,10H2,1-2H3,(H,22,26)/t11-/m0/s1. The summed E-state index contributed by atoms with van der Waals surface area (Å²) in [5, 5.41) is 12.2. The Labute approximate surface area is 163 Å². The lowest BCUT2D eigenvalue weighted by Crippen LogP contribution is -2.32. The lowest BCUT2D eigenvalue weighted by atomic mass is 10.1. The monoisotopic (exact) mass is 410 g/mol. The summed E-state index contributed by atoms with van der Waals surface area (Å²) in [4.78, 5) is 14.7. The number of para-hydroxylation sites is 1. The van der Waals surface area contributed by atoms with Gasteiger partial charge in [0.1, 0.15) is 0 Å². The molecule has 0 aliphatic heterocycles. The van der Waals surface area contributed by atoms with Gasteiger partial charge in [0.2, 0.25) is 11.8 Å². The van der Waals surface area contributed by atoms with Crippen molar-refractivity contribution in [2.24, 2.45) is 0 Å². The van der Waals surface area contributed by atoms with Gasteiger partial charge in [0, 0.05) is 0 Å². The molecule has 10 heteroatoms. The van der Waals surface area contributed by atoms with Gasteiger partial charge in [-0.15, -0.1) is 21.5 Å². The van der Waals surface area contributed by atoms with Crippen molar-refractivity contribution in [1.29, 1.82) is 0 Å². The van der Waals surface area contributed by atoms with E-state index >= 15 is 0 Å². The first-order valence-corrected chi connectivity index (χ1v) is 9.17. The molecule has 2 aromatic heterocycles. The second-order valence-electron chi connectivity index (χ2n) is 6.11. The van der Waals surface area contributed by atoms with Gasteiger partial charge in [-0.1, -0.05) is 18.2 Å². The first-order chi connectivity index (χ1) is 13.3. The van der Waals surface area contributed by atoms with Crippen molar-refractivity contribution in [1.82, 2.24) is 15.1 Å². The van der Waals surface area contributed by atoms with E-state index < -0.39 is 23.7 Å². The maximum atomic E-state index is 13.0. The third-order valence-electron chi connectivity index (χ3n) is 4.09. The smallest absolute Gasteiger partial charge is 0.418 e. The van der Waals surface area contributed by atoms with Crippen molar-refractivity contribution in [2.75, 3.05) is 18.9 Å². The van der Waals surface area contributed by atoms with E-state index in [1.807, 2.05) is 17.5 Å². The molecule has 0 saturated heterocycles. The summed E-state index contributed by atoms with van der Waals surface area (Å²) < 4.78 is 44.8. The van der Waals surface area contributed by atoms with Crippen LogP contribution >= 0.6 is 11.3 Å². The molecule has 28 heavy (non-hydrogen) atoms. The third kappa shape index (κ3) is 4.57. The van der Waals surface area contributed by atoms with Crippen LogP contribution in [0.1, 0.15) is 24.4 Å². The number of amides is 1. The van der Waals surface area contributed by atoms with E-state index in [1.165, 1.54) is 29.5 Å². The Morgan fingerprint density at radius 1 is 1.25 bits per heavy atom. The number of hydrogen-bond acceptors (Lipinski definition) is 6. The van der Waals surface area contributed by atoms with Crippen molar-refractivity contribution in [3.8, 4) is 10.8 Å². The van der Waals surface area contributed by atoms with Gasteiger partial charge >= 0.3 is 6.18 Å². The molecule has 0 aliphatic rings. The number of carbonyl (C=O) groups excluding carboxylic acids is 1. The predicted molar refractivity (Wildman–Crippen MR) is 98.7 cm³/mol. The number of nitrogens with one attached hydrogen (secondary N) is 1. The van der Waals surface area contributed by atoms with Crippen LogP contribution in [-0.2, 0) is 11.0 Å². The molecule has 0 radical (unpaired) electrons. The van der Waals surface area contributed by atoms with E-state index in [1.54, 1.807) is 18.9 Å². The molecular weight excluding hydrogens is 393 g/mol. The molecule has 0 unspecified atom stereocenters. The molecule has 1 aromatic carbocycles. The number of benzene rings is 1. The maximum Gasteiger partial charge on any atom is 0.418 e. The Bertz CT molecular complexity index is 940. The molecule has 0 fully saturated rings. The summed E-state index contributed by atoms with van der Waals surface area (Å²) in [6, 6.07) is 8.16. The van der Waals surface area contributed by atoms with Gasteiger partial charge in [-0.25, -0.2) is 0 Å². The van der Waals surface area contributed by atoms with E-state index in [0.717, 1.165) is 10.9 Å². The second-order valence-corrected chi connectivity index (χ2v) is 7.05. The van der Waals surface area contributed by atoms with Crippen LogP contribution in [0.2, 0.25) is 0 Å². The summed E-state index contributed by atoms with van der Waals surface area (Å²) in [6.07, 6.45) is -4.55. The second kappa shape index (κ2) is 8.11. The van der Waals surface area contributed by atoms with E-state index in [0.29, 0.717) is 11.8 Å². The number of alkyl halides is 3. The fourth-order valence-electron chi connectivity index (χ4n) is 2.48. The largest absolute Gasteiger partial charge is 0.418 e. The van der Waals surface area contributed by atoms with E-state index in [4.69, 9.17) is 4.42 Å². The fraction of sp³-hybridized carbons (Fsp3) is 0.278. The molecule has 1 atom stereocenters. The average molecular weight is 410 g/mol. The molecule has 2 heterocycles. The van der Waals surface area contributed by atoms with Crippen LogP contribution in [0.25, 0.3) is 10.8 Å². The van der Waals surface area contributed by atoms with Crippen LogP contribution in [0.5, 0.6) is 0 Å². The van der Waals surface area contributed by atoms with Crippen LogP contribution in [0.4, 0.5) is 18.9 Å². The normalized spacial score (nSPS) is 12.9. The zero-order valence-corrected chi connectivity index (χ0v) is 15.8. The highest BCUT2D eigenvalue weighted by Gasteiger charge is 2.33. The molecule has 0 saturated carbocycles. The number of likely N-dealkylation sites (N-methyl/N-ethyl adjacent to an activating group) is 1. The molecule has 0 spiro atoms. The first-order valence-electron chi connectivity index (χ1n) is 8.29. The molecule has 0 bridgehead atoms. The highest BCUT2D eigenvalue weighted by atomic mass is 32.1. The number of halogens is 3. The van der Waals surface area contributed by atoms with E-state index in [9.17, 15) is 18.0 Å². The minimum Gasteiger partial charge on any atom is -0.418 e. The van der Waals surface area contributed by atoms with Crippen molar-refractivity contribution >= 4 is 22.9 Å². The molecule has 3 rings (SSSR count). The average Bonchev–Trinajstić information content (AvgIpc) is 3.32. The number of rotatable bonds is 6. The topological polar surface area (TPSA) is 71.3 Å². The van der Waals surface area contributed by atoms with Gasteiger partial charge in [0.15, 0.2) is 0 Å². The number of aromatic nitrogens is 2. The number of anilines is 1. The highest BCUT2D eigenvalue weighted by Crippen LogP contribution is 2.34. The lowest BCUT2D eigenvalue weighted by Gasteiger charge is -2.21. The van der Waals surface area contributed by atoms with Crippen LogP contribution < -0.4 is 5.32 Å². The molecule has 6 nitrogen and oxygen atoms in total. The van der Waals surface area contributed by atoms with E-state index in [2.05, 4.69) is 15.5 Å². The van der Waals surface area contributed by atoms with Crippen molar-refractivity contribution < 1.29 is 22.4 Å². The van der Waals surface area contributed by atoms with Gasteiger partial charge in [0.25, 0.3) is 5.89 Å². The summed E-state index contributed by atoms with van der Waals surface area (Å²) in [5.74, 6) is 0.118. The van der Waals surface area contributed by atoms with Gasteiger partial charge in [-0.05, 0) is 37.6 Å². The van der Waals surface area contributed by atoms with Crippen LogP contribution in [0.15, 0.2) is 46.2 Å². The van der Waals surface area contributed by atoms with E-state index in [-0.39, 0.29) is 12.2 Å². The van der Waals surface area contributed by atoms with Gasteiger partial charge in [0.05, 0.1) is 28.7 Å². The molecule has 1 N–H and O–H groups in total. The Balaban J connectivity index is 1.65. The Morgan fingerprint density at radius 3 is 2.68 bits per heavy atom. The van der Waals surface area contributed by atoms with Crippen molar-refractivity contribution in [2.45, 2.75) is 19.1 Å². The Morgan fingerprint density at radius 2 is 2.00 bits per heavy atom. The van der Waals surface area contributed by atoms with Crippen LogP contribution in [0.3, 0.4) is 0 Å². The number of thiophene rings is 1. The molecule has 148 valence electrons. The first kappa shape index (κ1) is 20.0. The summed E-state index contributed by atoms with van der Waals surface area (Å²) in [7, 11) is 1.65. The van der Waals surface area contributed by atoms with Gasteiger partial charge in [-0.2, -0.15) is 13.2 Å². The zero-order chi connectivity index (χ0) is 20.3. The molecular formula is C18H17F3N4O2S. The minimum atomic E-state index is -4.55. The summed E-state index contributed by atoms with van der Waals surface area (Å²) >= 11 is 1.46. The van der Waals surface area contributed by atoms with Crippen LogP contribution in [-0.4, -0.2) is 34.6 Å². The van der Waals surface area contributed by atoms with Gasteiger partial charge < -0.3 is 9.73 Å². The molecule has 3 aromatic rings. The third-order valence-corrected chi connectivity index (χ3v) is 4.95. The molecule has 1 amide bonds. The number of hydrogen-bond donors (Lipinski definition) is 1. The number of carbonyl (C=O) groups is 1. The van der Waals surface area contributed by atoms with Gasteiger partial charge in [-0.3, -0.25) is 9.69 Å². The zero-order valence-electron chi connectivity index (χ0n) is 15.0. The Hall–Kier alpha value is -2.72.